The Kier molecular flexibility index (Phi) is 7.18. The molecule has 0 spiro atoms. The van der Waals surface area contributed by atoms with Crippen LogP contribution in [0, 0.1) is 6.92 Å². The van der Waals surface area contributed by atoms with E-state index < -0.39 is 0 Å². The van der Waals surface area contributed by atoms with Crippen molar-refractivity contribution in [3.8, 4) is 6.01 Å². The van der Waals surface area contributed by atoms with Crippen molar-refractivity contribution in [3.63, 3.8) is 0 Å². The topological polar surface area (TPSA) is 77.9 Å². The Bertz CT molecular complexity index is 1700. The lowest BCUT2D eigenvalue weighted by molar-refractivity contribution is -0.114. The second-order valence-corrected chi connectivity index (χ2v) is 11.7. The molecule has 1 saturated heterocycles. The highest BCUT2D eigenvalue weighted by Crippen LogP contribution is 2.41. The van der Waals surface area contributed by atoms with Crippen molar-refractivity contribution in [1.82, 2.24) is 19.9 Å². The number of benzene rings is 2. The van der Waals surface area contributed by atoms with Gasteiger partial charge in [-0.2, -0.15) is 9.97 Å². The minimum Gasteiger partial charge on any atom is -0.462 e. The lowest BCUT2D eigenvalue weighted by Crippen LogP contribution is -2.43. The number of anilines is 4. The number of pyridine rings is 1. The molecule has 0 unspecified atom stereocenters. The minimum absolute atomic E-state index is 0.135. The Morgan fingerprint density at radius 3 is 2.72 bits per heavy atom. The number of nitrogens with zero attached hydrogens (tertiary/aromatic N) is 7. The quantitative estimate of drug-likeness (QED) is 0.296. The van der Waals surface area contributed by atoms with Crippen LogP contribution in [0.2, 0.25) is 0 Å². The van der Waals surface area contributed by atoms with Crippen LogP contribution in [0.15, 0.2) is 67.5 Å². The summed E-state index contributed by atoms with van der Waals surface area (Å²) < 4.78 is 6.35. The van der Waals surface area contributed by atoms with E-state index >= 15 is 0 Å². The first kappa shape index (κ1) is 27.3. The molecule has 0 N–H and O–H groups in total. The monoisotopic (exact) mass is 575 g/mol. The van der Waals surface area contributed by atoms with E-state index in [0.717, 1.165) is 54.4 Å². The Morgan fingerprint density at radius 1 is 1.05 bits per heavy atom. The molecule has 5 heterocycles. The number of rotatable bonds is 6. The number of amides is 1. The second kappa shape index (κ2) is 11.3. The molecule has 0 saturated carbocycles. The van der Waals surface area contributed by atoms with Gasteiger partial charge in [0.25, 0.3) is 5.91 Å². The summed E-state index contributed by atoms with van der Waals surface area (Å²) in [5.74, 6) is 0.719. The van der Waals surface area contributed by atoms with Crippen molar-refractivity contribution >= 4 is 39.6 Å². The zero-order valence-corrected chi connectivity index (χ0v) is 24.9. The van der Waals surface area contributed by atoms with E-state index in [1.807, 2.05) is 6.07 Å². The van der Waals surface area contributed by atoms with Crippen LogP contribution in [-0.4, -0.2) is 71.6 Å². The van der Waals surface area contributed by atoms with Gasteiger partial charge in [0.1, 0.15) is 12.4 Å². The zero-order valence-electron chi connectivity index (χ0n) is 24.9. The number of fused-ring (bicyclic) bond motifs is 3. The lowest BCUT2D eigenvalue weighted by Gasteiger charge is -2.39. The highest BCUT2D eigenvalue weighted by Gasteiger charge is 2.32. The third-order valence-corrected chi connectivity index (χ3v) is 9.13. The first-order chi connectivity index (χ1) is 21.0. The highest BCUT2D eigenvalue weighted by molar-refractivity contribution is 6.04. The third-order valence-electron chi connectivity index (χ3n) is 9.13. The zero-order chi connectivity index (χ0) is 29.5. The summed E-state index contributed by atoms with van der Waals surface area (Å²) in [7, 11) is 2.15. The number of ether oxygens (including phenoxy) is 1. The average molecular weight is 576 g/mol. The van der Waals surface area contributed by atoms with E-state index in [0.29, 0.717) is 38.3 Å². The van der Waals surface area contributed by atoms with Crippen LogP contribution in [0.3, 0.4) is 0 Å². The molecule has 4 aromatic rings. The molecule has 2 aromatic carbocycles. The summed E-state index contributed by atoms with van der Waals surface area (Å²) >= 11 is 0. The predicted octanol–water partition coefficient (Wildman–Crippen LogP) is 5.04. The minimum atomic E-state index is -0.135. The van der Waals surface area contributed by atoms with Crippen LogP contribution in [0.5, 0.6) is 6.01 Å². The maximum Gasteiger partial charge on any atom is 0.318 e. The molecule has 9 nitrogen and oxygen atoms in total. The van der Waals surface area contributed by atoms with Crippen LogP contribution in [-0.2, 0) is 17.8 Å². The van der Waals surface area contributed by atoms with Crippen molar-refractivity contribution in [2.75, 3.05) is 54.5 Å². The van der Waals surface area contributed by atoms with Crippen LogP contribution in [0.1, 0.15) is 29.7 Å². The lowest BCUT2D eigenvalue weighted by atomic mass is 9.99. The maximum atomic E-state index is 12.7. The van der Waals surface area contributed by atoms with E-state index in [-0.39, 0.29) is 5.91 Å². The van der Waals surface area contributed by atoms with Gasteiger partial charge in [-0.25, -0.2) is 0 Å². The molecule has 0 radical (unpaired) electrons. The van der Waals surface area contributed by atoms with Crippen molar-refractivity contribution < 1.29 is 9.53 Å². The summed E-state index contributed by atoms with van der Waals surface area (Å²) in [5, 5.41) is 2.53. The first-order valence-corrected chi connectivity index (χ1v) is 15.1. The normalized spacial score (nSPS) is 18.5. The fraction of sp³-hybridized carbons (Fsp3) is 0.353. The first-order valence-electron chi connectivity index (χ1n) is 15.1. The highest BCUT2D eigenvalue weighted by atomic mass is 16.5. The van der Waals surface area contributed by atoms with Gasteiger partial charge in [-0.05, 0) is 68.9 Å². The smallest absolute Gasteiger partial charge is 0.318 e. The Labute approximate surface area is 252 Å². The van der Waals surface area contributed by atoms with E-state index in [4.69, 9.17) is 14.7 Å². The summed E-state index contributed by atoms with van der Waals surface area (Å²) in [5.41, 5.74) is 6.26. The van der Waals surface area contributed by atoms with E-state index in [2.05, 4.69) is 76.6 Å². The van der Waals surface area contributed by atoms with Crippen molar-refractivity contribution in [2.45, 2.75) is 38.8 Å². The van der Waals surface area contributed by atoms with Gasteiger partial charge >= 0.3 is 6.01 Å². The largest absolute Gasteiger partial charge is 0.462 e. The van der Waals surface area contributed by atoms with Gasteiger partial charge in [0.2, 0.25) is 0 Å². The van der Waals surface area contributed by atoms with Gasteiger partial charge in [-0.3, -0.25) is 9.78 Å². The number of likely N-dealkylation sites (N-methyl/N-ethyl adjacent to an activating group) is 1. The number of carbonyl (C=O) groups is 1. The third kappa shape index (κ3) is 4.97. The Balaban J connectivity index is 1.29. The molecule has 1 amide bonds. The van der Waals surface area contributed by atoms with Gasteiger partial charge in [0.05, 0.1) is 29.8 Å². The SMILES string of the molecule is C=CC(=O)N1CCN(c2nc(OC[C@@H]3CCCN3C)nc3c2CCN(c2cccc4cccc(C)c24)C3)c2ccncc21. The van der Waals surface area contributed by atoms with E-state index in [1.54, 1.807) is 17.3 Å². The molecule has 0 bridgehead atoms. The molecule has 7 rings (SSSR count). The number of carbonyl (C=O) groups excluding carboxylic acids is 1. The number of aryl methyl sites for hydroxylation is 1. The standard InChI is InChI=1S/C34H37N7O2/c1-4-31(42)40-18-19-41(28-13-15-35-20-30(28)40)33-26-14-17-39(29-12-6-10-24-9-5-8-23(2)32(24)29)21-27(26)36-34(37-33)43-22-25-11-7-16-38(25)3/h4-6,8-10,12-13,15,20,25H,1,7,11,14,16-19,21-22H2,2-3H3/t25-/m0/s1. The summed E-state index contributed by atoms with van der Waals surface area (Å²) in [4.78, 5) is 35.8. The molecule has 9 heteroatoms. The van der Waals surface area contributed by atoms with Crippen LogP contribution >= 0.6 is 0 Å². The van der Waals surface area contributed by atoms with Gasteiger partial charge in [-0.15, -0.1) is 0 Å². The van der Waals surface area contributed by atoms with Gasteiger partial charge in [0, 0.05) is 48.5 Å². The van der Waals surface area contributed by atoms with Crippen LogP contribution in [0.25, 0.3) is 10.8 Å². The fourth-order valence-electron chi connectivity index (χ4n) is 6.83. The molecule has 3 aliphatic rings. The van der Waals surface area contributed by atoms with Gasteiger partial charge in [-0.1, -0.05) is 36.9 Å². The number of hydrogen-bond donors (Lipinski definition) is 0. The molecule has 0 aliphatic carbocycles. The van der Waals surface area contributed by atoms with Crippen molar-refractivity contribution in [2.24, 2.45) is 0 Å². The Morgan fingerprint density at radius 2 is 1.91 bits per heavy atom. The second-order valence-electron chi connectivity index (χ2n) is 11.7. The summed E-state index contributed by atoms with van der Waals surface area (Å²) in [6.07, 6.45) is 7.95. The van der Waals surface area contributed by atoms with Crippen LogP contribution in [0.4, 0.5) is 22.9 Å². The fourth-order valence-corrected chi connectivity index (χ4v) is 6.83. The molecule has 3 aliphatic heterocycles. The molecule has 43 heavy (non-hydrogen) atoms. The predicted molar refractivity (Wildman–Crippen MR) is 170 cm³/mol. The molecule has 2 aromatic heterocycles. The van der Waals surface area contributed by atoms with E-state index in [9.17, 15) is 4.79 Å². The van der Waals surface area contributed by atoms with Crippen molar-refractivity contribution in [3.05, 3.63) is 84.3 Å². The molecular formula is C34H37N7O2. The molecule has 1 atom stereocenters. The average Bonchev–Trinajstić information content (AvgIpc) is 3.46. The summed E-state index contributed by atoms with van der Waals surface area (Å²) in [6, 6.07) is 15.7. The molecule has 1 fully saturated rings. The maximum absolute atomic E-state index is 12.7. The van der Waals surface area contributed by atoms with Crippen LogP contribution < -0.4 is 19.4 Å². The number of likely N-dealkylation sites (tertiary alicyclic amines) is 1. The molecular weight excluding hydrogens is 538 g/mol. The van der Waals surface area contributed by atoms with E-state index in [1.165, 1.54) is 34.5 Å². The summed E-state index contributed by atoms with van der Waals surface area (Å²) in [6.45, 7) is 10.1. The van der Waals surface area contributed by atoms with Crippen molar-refractivity contribution in [1.29, 1.82) is 0 Å². The molecule has 220 valence electrons. The van der Waals surface area contributed by atoms with Gasteiger partial charge in [0.15, 0.2) is 0 Å². The number of hydrogen-bond acceptors (Lipinski definition) is 8. The van der Waals surface area contributed by atoms with Gasteiger partial charge < -0.3 is 24.3 Å². The number of aromatic nitrogens is 3. The Hall–Kier alpha value is -4.50.